The lowest BCUT2D eigenvalue weighted by Crippen LogP contribution is -2.63. The number of likely N-dealkylation sites (N-methyl/N-ethyl adjacent to an activating group) is 1. The number of nitrogens with zero attached hydrogens (tertiary/aromatic N) is 5. The minimum atomic E-state index is -4.78. The topological polar surface area (TPSA) is 94.4 Å². The van der Waals surface area contributed by atoms with Gasteiger partial charge >= 0.3 is 6.18 Å². The lowest BCUT2D eigenvalue weighted by atomic mass is 9.74. The lowest BCUT2D eigenvalue weighted by molar-refractivity contribution is -0.138. The van der Waals surface area contributed by atoms with E-state index in [2.05, 4.69) is 15.3 Å². The average molecular weight is 519 g/mol. The zero-order valence-electron chi connectivity index (χ0n) is 19.6. The van der Waals surface area contributed by atoms with Gasteiger partial charge in [0.15, 0.2) is 5.69 Å². The molecule has 2 fully saturated rings. The van der Waals surface area contributed by atoms with Crippen LogP contribution >= 0.6 is 12.2 Å². The molecule has 1 aliphatic carbocycles. The van der Waals surface area contributed by atoms with Crippen LogP contribution in [0.25, 0.3) is 0 Å². The number of thiocarbonyl (C=S) groups is 1. The van der Waals surface area contributed by atoms with Gasteiger partial charge in [0.2, 0.25) is 5.88 Å². The Balaban J connectivity index is 1.57. The fraction of sp³-hybridized carbons (Fsp3) is 0.458. The van der Waals surface area contributed by atoms with Crippen LogP contribution in [0, 0.1) is 11.3 Å². The van der Waals surface area contributed by atoms with E-state index in [-0.39, 0.29) is 11.8 Å². The Morgan fingerprint density at radius 2 is 1.94 bits per heavy atom. The van der Waals surface area contributed by atoms with Crippen LogP contribution in [0.2, 0.25) is 0 Å². The van der Waals surface area contributed by atoms with Crippen molar-refractivity contribution in [2.24, 2.45) is 0 Å². The number of piperidine rings is 1. The highest BCUT2D eigenvalue weighted by Gasteiger charge is 2.51. The maximum Gasteiger partial charge on any atom is 0.419 e. The summed E-state index contributed by atoms with van der Waals surface area (Å²) in [7, 11) is 1.39. The van der Waals surface area contributed by atoms with E-state index in [0.717, 1.165) is 49.5 Å². The Bertz CT molecular complexity index is 1160. The van der Waals surface area contributed by atoms with Crippen LogP contribution in [0.3, 0.4) is 0 Å². The normalized spacial score (nSPS) is 17.4. The Morgan fingerprint density at radius 1 is 1.25 bits per heavy atom. The van der Waals surface area contributed by atoms with Crippen molar-refractivity contribution >= 4 is 35.0 Å². The summed E-state index contributed by atoms with van der Waals surface area (Å²) >= 11 is 5.26. The van der Waals surface area contributed by atoms with Crippen molar-refractivity contribution in [1.29, 1.82) is 5.26 Å². The molecule has 4 rings (SSSR count). The summed E-state index contributed by atoms with van der Waals surface area (Å²) < 4.78 is 46.3. The van der Waals surface area contributed by atoms with Crippen molar-refractivity contribution < 1.29 is 22.7 Å². The third-order valence-corrected chi connectivity index (χ3v) is 6.91. The van der Waals surface area contributed by atoms with Crippen LogP contribution in [-0.2, 0) is 11.0 Å². The summed E-state index contributed by atoms with van der Waals surface area (Å²) in [5.74, 6) is 0.0499. The van der Waals surface area contributed by atoms with E-state index >= 15 is 0 Å². The molecule has 3 heterocycles. The van der Waals surface area contributed by atoms with Gasteiger partial charge in [-0.3, -0.25) is 4.79 Å². The Labute approximate surface area is 212 Å². The van der Waals surface area contributed by atoms with Gasteiger partial charge in [-0.2, -0.15) is 18.4 Å². The van der Waals surface area contributed by atoms with E-state index < -0.39 is 28.9 Å². The molecule has 2 aliphatic rings. The van der Waals surface area contributed by atoms with Crippen molar-refractivity contribution in [2.75, 3.05) is 29.9 Å². The maximum atomic E-state index is 13.7. The number of rotatable bonds is 7. The first-order valence-electron chi connectivity index (χ1n) is 11.5. The first kappa shape index (κ1) is 25.8. The number of nitrogens with one attached hydrogen (secondary N) is 1. The molecule has 1 aliphatic heterocycles. The van der Waals surface area contributed by atoms with Crippen LogP contribution in [0.1, 0.15) is 43.4 Å². The van der Waals surface area contributed by atoms with Gasteiger partial charge in [0, 0.05) is 13.1 Å². The van der Waals surface area contributed by atoms with Crippen molar-refractivity contribution in [3.05, 3.63) is 41.9 Å². The molecule has 1 saturated carbocycles. The molecule has 0 unspecified atom stereocenters. The highest BCUT2D eigenvalue weighted by Crippen LogP contribution is 2.42. The van der Waals surface area contributed by atoms with E-state index in [0.29, 0.717) is 24.4 Å². The zero-order valence-corrected chi connectivity index (χ0v) is 20.4. The third-order valence-electron chi connectivity index (χ3n) is 6.69. The first-order chi connectivity index (χ1) is 17.2. The molecule has 2 aromatic heterocycles. The number of ether oxygens (including phenoxy) is 1. The Hall–Kier alpha value is -3.30. The quantitative estimate of drug-likeness (QED) is 0.553. The molecule has 36 heavy (non-hydrogen) atoms. The van der Waals surface area contributed by atoms with E-state index in [1.807, 2.05) is 0 Å². The minimum Gasteiger partial charge on any atom is -0.474 e. The minimum absolute atomic E-state index is 0.0641. The molecule has 190 valence electrons. The van der Waals surface area contributed by atoms with Gasteiger partial charge in [-0.05, 0) is 57.3 Å². The van der Waals surface area contributed by atoms with E-state index in [4.69, 9.17) is 22.2 Å². The van der Waals surface area contributed by atoms with E-state index in [1.54, 1.807) is 23.2 Å². The van der Waals surface area contributed by atoms with Crippen LogP contribution in [0.5, 0.6) is 5.88 Å². The van der Waals surface area contributed by atoms with Gasteiger partial charge in [0.05, 0.1) is 34.8 Å². The number of pyridine rings is 2. The summed E-state index contributed by atoms with van der Waals surface area (Å²) in [6.07, 6.45) is 1.44. The predicted molar refractivity (Wildman–Crippen MR) is 131 cm³/mol. The summed E-state index contributed by atoms with van der Waals surface area (Å²) in [6, 6.07) is 5.71. The van der Waals surface area contributed by atoms with Gasteiger partial charge < -0.3 is 19.9 Å². The maximum absolute atomic E-state index is 13.7. The third kappa shape index (κ3) is 4.99. The number of hydrogen-bond acceptors (Lipinski definition) is 7. The number of carbonyl (C=O) groups is 1. The predicted octanol–water partition coefficient (Wildman–Crippen LogP) is 3.85. The van der Waals surface area contributed by atoms with Gasteiger partial charge in [-0.1, -0.05) is 12.2 Å². The number of alkyl halides is 3. The van der Waals surface area contributed by atoms with Crippen LogP contribution in [-0.4, -0.2) is 53.1 Å². The van der Waals surface area contributed by atoms with Gasteiger partial charge in [-0.25, -0.2) is 9.97 Å². The highest BCUT2D eigenvalue weighted by molar-refractivity contribution is 7.79. The number of carbonyl (C=O) groups excluding carboxylic acids is 1. The summed E-state index contributed by atoms with van der Waals surface area (Å²) in [6.45, 7) is 1.78. The second kappa shape index (κ2) is 10.4. The largest absolute Gasteiger partial charge is 0.474 e. The Morgan fingerprint density at radius 3 is 2.47 bits per heavy atom. The monoisotopic (exact) mass is 518 g/mol. The fourth-order valence-electron chi connectivity index (χ4n) is 4.52. The first-order valence-corrected chi connectivity index (χ1v) is 12.0. The second-order valence-electron chi connectivity index (χ2n) is 8.85. The average Bonchev–Trinajstić information content (AvgIpc) is 2.85. The van der Waals surface area contributed by atoms with Crippen molar-refractivity contribution in [3.8, 4) is 11.9 Å². The number of hydrogen-bond donors (Lipinski definition) is 1. The molecular formula is C24H25F3N6O2S. The summed E-state index contributed by atoms with van der Waals surface area (Å²) in [5, 5.41) is 12.3. The molecule has 1 amide bonds. The molecule has 0 atom stereocenters. The van der Waals surface area contributed by atoms with Crippen molar-refractivity contribution in [3.63, 3.8) is 0 Å². The fourth-order valence-corrected chi connectivity index (χ4v) is 4.84. The van der Waals surface area contributed by atoms with Crippen LogP contribution < -0.4 is 19.9 Å². The zero-order chi connectivity index (χ0) is 25.9. The van der Waals surface area contributed by atoms with E-state index in [9.17, 15) is 18.0 Å². The standard InChI is InChI=1S/C24H25F3N6O2S/c1-32(17-11-19(24(25,26)27)20(12-28)30-14-17)22(34)23(7-2-8-23)33(15-36)16-3-4-21(31-13-16)35-18-5-9-29-10-6-18/h3-4,11,13-15,18,29H,2,5-10H2,1H3. The second-order valence-corrected chi connectivity index (χ2v) is 9.06. The number of anilines is 2. The Kier molecular flexibility index (Phi) is 7.42. The van der Waals surface area contributed by atoms with Crippen LogP contribution in [0.15, 0.2) is 30.6 Å². The molecule has 0 radical (unpaired) electrons. The molecule has 0 spiro atoms. The highest BCUT2D eigenvalue weighted by atomic mass is 32.1. The summed E-state index contributed by atoms with van der Waals surface area (Å²) in [5.41, 5.74) is -1.12. The van der Waals surface area contributed by atoms with Gasteiger partial charge in [0.25, 0.3) is 5.91 Å². The van der Waals surface area contributed by atoms with Gasteiger partial charge in [0.1, 0.15) is 17.7 Å². The molecule has 0 bridgehead atoms. The number of halogens is 3. The molecule has 1 saturated heterocycles. The molecule has 8 nitrogen and oxygen atoms in total. The SMILES string of the molecule is CN(C(=O)C1(N(C=S)c2ccc(OC3CCNCC3)nc2)CCC1)c1cnc(C#N)c(C(F)(F)F)c1. The van der Waals surface area contributed by atoms with E-state index in [1.165, 1.54) is 18.6 Å². The molecule has 1 N–H and O–H groups in total. The van der Waals surface area contributed by atoms with Gasteiger partial charge in [-0.15, -0.1) is 0 Å². The molecular weight excluding hydrogens is 493 g/mol. The molecule has 0 aromatic carbocycles. The lowest BCUT2D eigenvalue weighted by Gasteiger charge is -2.49. The molecule has 2 aromatic rings. The van der Waals surface area contributed by atoms with Crippen LogP contribution in [0.4, 0.5) is 24.5 Å². The molecule has 12 heteroatoms. The summed E-state index contributed by atoms with van der Waals surface area (Å²) in [4.78, 5) is 24.5. The number of nitriles is 1. The number of aromatic nitrogens is 2. The van der Waals surface area contributed by atoms with Crippen molar-refractivity contribution in [2.45, 2.75) is 49.9 Å². The smallest absolute Gasteiger partial charge is 0.419 e. The van der Waals surface area contributed by atoms with Crippen molar-refractivity contribution in [1.82, 2.24) is 15.3 Å². The number of amides is 1.